The number of rotatable bonds is 5. The van der Waals surface area contributed by atoms with Gasteiger partial charge in [-0.25, -0.2) is 0 Å². The number of benzene rings is 1. The lowest BCUT2D eigenvalue weighted by atomic mass is 10.0. The molecule has 2 atom stereocenters. The lowest BCUT2D eigenvalue weighted by molar-refractivity contribution is 0.287. The second kappa shape index (κ2) is 6.18. The standard InChI is InChI=1S/C15H24N2/c1-13(14-7-4-3-5-8-14)11-17(2)12-15-9-6-10-16-15/h3-5,7-8,13,15-16H,6,9-12H2,1-2H3. The molecule has 2 heteroatoms. The third-order valence-corrected chi connectivity index (χ3v) is 3.65. The molecule has 1 saturated heterocycles. The van der Waals surface area contributed by atoms with E-state index in [-0.39, 0.29) is 0 Å². The highest BCUT2D eigenvalue weighted by molar-refractivity contribution is 5.18. The Morgan fingerprint density at radius 1 is 1.35 bits per heavy atom. The Morgan fingerprint density at radius 2 is 2.12 bits per heavy atom. The molecule has 0 spiro atoms. The highest BCUT2D eigenvalue weighted by Gasteiger charge is 2.17. The summed E-state index contributed by atoms with van der Waals surface area (Å²) in [6.07, 6.45) is 2.68. The second-order valence-electron chi connectivity index (χ2n) is 5.33. The van der Waals surface area contributed by atoms with E-state index in [9.17, 15) is 0 Å². The van der Waals surface area contributed by atoms with Gasteiger partial charge in [0, 0.05) is 19.1 Å². The average molecular weight is 232 g/mol. The molecule has 0 amide bonds. The summed E-state index contributed by atoms with van der Waals surface area (Å²) in [7, 11) is 2.24. The Morgan fingerprint density at radius 3 is 2.76 bits per heavy atom. The molecule has 0 saturated carbocycles. The Kier molecular flexibility index (Phi) is 4.57. The molecule has 2 rings (SSSR count). The molecule has 1 N–H and O–H groups in total. The molecule has 0 aromatic heterocycles. The summed E-state index contributed by atoms with van der Waals surface area (Å²) in [5.41, 5.74) is 1.44. The Labute approximate surface area is 105 Å². The maximum absolute atomic E-state index is 3.56. The van der Waals surface area contributed by atoms with Gasteiger partial charge in [-0.15, -0.1) is 0 Å². The fraction of sp³-hybridized carbons (Fsp3) is 0.600. The van der Waals surface area contributed by atoms with Crippen LogP contribution in [-0.2, 0) is 0 Å². The zero-order chi connectivity index (χ0) is 12.1. The molecule has 0 aliphatic carbocycles. The van der Waals surface area contributed by atoms with Crippen molar-refractivity contribution in [3.8, 4) is 0 Å². The quantitative estimate of drug-likeness (QED) is 0.839. The number of likely N-dealkylation sites (N-methyl/N-ethyl adjacent to an activating group) is 1. The van der Waals surface area contributed by atoms with E-state index in [4.69, 9.17) is 0 Å². The lowest BCUT2D eigenvalue weighted by Gasteiger charge is -2.24. The van der Waals surface area contributed by atoms with Gasteiger partial charge in [0.2, 0.25) is 0 Å². The van der Waals surface area contributed by atoms with Crippen LogP contribution in [0.2, 0.25) is 0 Å². The van der Waals surface area contributed by atoms with Gasteiger partial charge in [0.15, 0.2) is 0 Å². The van der Waals surface area contributed by atoms with E-state index >= 15 is 0 Å². The molecule has 1 aliphatic heterocycles. The molecule has 17 heavy (non-hydrogen) atoms. The summed E-state index contributed by atoms with van der Waals surface area (Å²) >= 11 is 0. The van der Waals surface area contributed by atoms with Crippen LogP contribution in [0.15, 0.2) is 30.3 Å². The van der Waals surface area contributed by atoms with Crippen molar-refractivity contribution in [1.29, 1.82) is 0 Å². The topological polar surface area (TPSA) is 15.3 Å². The van der Waals surface area contributed by atoms with Gasteiger partial charge in [-0.1, -0.05) is 37.3 Å². The third-order valence-electron chi connectivity index (χ3n) is 3.65. The van der Waals surface area contributed by atoms with Crippen LogP contribution in [0, 0.1) is 0 Å². The summed E-state index contributed by atoms with van der Waals surface area (Å²) in [6, 6.07) is 11.5. The lowest BCUT2D eigenvalue weighted by Crippen LogP contribution is -2.36. The van der Waals surface area contributed by atoms with Gasteiger partial charge >= 0.3 is 0 Å². The number of nitrogens with zero attached hydrogens (tertiary/aromatic N) is 1. The van der Waals surface area contributed by atoms with Gasteiger partial charge in [-0.3, -0.25) is 0 Å². The van der Waals surface area contributed by atoms with Crippen LogP contribution in [-0.4, -0.2) is 37.6 Å². The van der Waals surface area contributed by atoms with Crippen LogP contribution in [0.25, 0.3) is 0 Å². The number of hydrogen-bond donors (Lipinski definition) is 1. The normalized spacial score (nSPS) is 21.9. The van der Waals surface area contributed by atoms with Gasteiger partial charge in [-0.05, 0) is 37.9 Å². The molecular weight excluding hydrogens is 208 g/mol. The van der Waals surface area contributed by atoms with Crippen molar-refractivity contribution in [2.24, 2.45) is 0 Å². The van der Waals surface area contributed by atoms with Crippen molar-refractivity contribution in [1.82, 2.24) is 10.2 Å². The number of hydrogen-bond acceptors (Lipinski definition) is 2. The number of nitrogens with one attached hydrogen (secondary N) is 1. The summed E-state index contributed by atoms with van der Waals surface area (Å²) in [6.45, 7) is 5.83. The van der Waals surface area contributed by atoms with Crippen molar-refractivity contribution in [3.05, 3.63) is 35.9 Å². The van der Waals surface area contributed by atoms with E-state index in [0.717, 1.165) is 6.54 Å². The molecule has 0 radical (unpaired) electrons. The smallest absolute Gasteiger partial charge is 0.0195 e. The van der Waals surface area contributed by atoms with E-state index in [1.54, 1.807) is 0 Å². The van der Waals surface area contributed by atoms with E-state index in [0.29, 0.717) is 12.0 Å². The first kappa shape index (κ1) is 12.6. The first-order valence-electron chi connectivity index (χ1n) is 6.72. The Bertz CT molecular complexity index is 317. The fourth-order valence-electron chi connectivity index (χ4n) is 2.72. The van der Waals surface area contributed by atoms with Crippen molar-refractivity contribution in [2.75, 3.05) is 26.7 Å². The van der Waals surface area contributed by atoms with Gasteiger partial charge in [0.1, 0.15) is 0 Å². The van der Waals surface area contributed by atoms with Crippen LogP contribution in [0.3, 0.4) is 0 Å². The molecule has 1 aromatic carbocycles. The molecule has 94 valence electrons. The highest BCUT2D eigenvalue weighted by Crippen LogP contribution is 2.16. The van der Waals surface area contributed by atoms with Crippen molar-refractivity contribution < 1.29 is 0 Å². The minimum absolute atomic E-state index is 0.614. The van der Waals surface area contributed by atoms with Crippen LogP contribution in [0.5, 0.6) is 0 Å². The molecule has 1 aliphatic rings. The summed E-state index contributed by atoms with van der Waals surface area (Å²) in [5, 5.41) is 3.56. The Hall–Kier alpha value is -0.860. The van der Waals surface area contributed by atoms with Gasteiger partial charge in [0.25, 0.3) is 0 Å². The SMILES string of the molecule is CC(CN(C)CC1CCCN1)c1ccccc1. The summed E-state index contributed by atoms with van der Waals surface area (Å²) in [4.78, 5) is 2.46. The molecular formula is C15H24N2. The van der Waals surface area contributed by atoms with Crippen LogP contribution in [0.1, 0.15) is 31.2 Å². The van der Waals surface area contributed by atoms with Gasteiger partial charge < -0.3 is 10.2 Å². The average Bonchev–Trinajstić information content (AvgIpc) is 2.82. The van der Waals surface area contributed by atoms with Crippen LogP contribution < -0.4 is 5.32 Å². The highest BCUT2D eigenvalue weighted by atomic mass is 15.1. The van der Waals surface area contributed by atoms with Crippen molar-refractivity contribution in [3.63, 3.8) is 0 Å². The van der Waals surface area contributed by atoms with Gasteiger partial charge in [0.05, 0.1) is 0 Å². The van der Waals surface area contributed by atoms with Crippen LogP contribution in [0.4, 0.5) is 0 Å². The monoisotopic (exact) mass is 232 g/mol. The second-order valence-corrected chi connectivity index (χ2v) is 5.33. The molecule has 1 fully saturated rings. The minimum Gasteiger partial charge on any atom is -0.313 e. The predicted octanol–water partition coefficient (Wildman–Crippen LogP) is 2.47. The summed E-state index contributed by atoms with van der Waals surface area (Å²) in [5.74, 6) is 0.614. The molecule has 2 unspecified atom stereocenters. The first-order valence-corrected chi connectivity index (χ1v) is 6.72. The third kappa shape index (κ3) is 3.83. The fourth-order valence-corrected chi connectivity index (χ4v) is 2.72. The largest absolute Gasteiger partial charge is 0.313 e. The molecule has 1 heterocycles. The first-order chi connectivity index (χ1) is 8.25. The predicted molar refractivity (Wildman–Crippen MR) is 73.4 cm³/mol. The van der Waals surface area contributed by atoms with Crippen molar-refractivity contribution in [2.45, 2.75) is 31.7 Å². The molecule has 0 bridgehead atoms. The van der Waals surface area contributed by atoms with Crippen molar-refractivity contribution >= 4 is 0 Å². The maximum Gasteiger partial charge on any atom is 0.0195 e. The summed E-state index contributed by atoms with van der Waals surface area (Å²) < 4.78 is 0. The van der Waals surface area contributed by atoms with E-state index in [1.165, 1.54) is 31.5 Å². The van der Waals surface area contributed by atoms with E-state index < -0.39 is 0 Å². The van der Waals surface area contributed by atoms with E-state index in [1.807, 2.05) is 0 Å². The van der Waals surface area contributed by atoms with Gasteiger partial charge in [-0.2, -0.15) is 0 Å². The molecule has 2 nitrogen and oxygen atoms in total. The molecule has 1 aromatic rings. The zero-order valence-electron chi connectivity index (χ0n) is 11.0. The maximum atomic E-state index is 3.56. The van der Waals surface area contributed by atoms with E-state index in [2.05, 4.69) is 54.5 Å². The zero-order valence-corrected chi connectivity index (χ0v) is 11.0. The van der Waals surface area contributed by atoms with Crippen LogP contribution >= 0.6 is 0 Å². The minimum atomic E-state index is 0.614. The Balaban J connectivity index is 1.79.